The minimum absolute atomic E-state index is 0.00404. The molecule has 1 aliphatic rings. The van der Waals surface area contributed by atoms with E-state index in [-0.39, 0.29) is 23.4 Å². The maximum absolute atomic E-state index is 12.8. The van der Waals surface area contributed by atoms with E-state index in [9.17, 15) is 19.2 Å². The van der Waals surface area contributed by atoms with Gasteiger partial charge in [0.05, 0.1) is 33.4 Å². The number of carbonyl (C=O) groups is 4. The predicted molar refractivity (Wildman–Crippen MR) is 102 cm³/mol. The molecule has 1 N–H and O–H groups in total. The lowest BCUT2D eigenvalue weighted by atomic mass is 10.1. The van der Waals surface area contributed by atoms with Gasteiger partial charge in [0, 0.05) is 6.92 Å². The van der Waals surface area contributed by atoms with Crippen LogP contribution in [-0.4, -0.2) is 35.2 Å². The monoisotopic (exact) mass is 420 g/mol. The van der Waals surface area contributed by atoms with Gasteiger partial charge in [-0.1, -0.05) is 35.3 Å². The van der Waals surface area contributed by atoms with Crippen LogP contribution >= 0.6 is 23.2 Å². The molecule has 1 heterocycles. The fraction of sp³-hybridized carbons (Fsp3) is 0.158. The second-order valence-electron chi connectivity index (χ2n) is 6.00. The lowest BCUT2D eigenvalue weighted by Gasteiger charge is -2.14. The molecule has 7 nitrogen and oxygen atoms in total. The zero-order chi connectivity index (χ0) is 20.4. The molecule has 0 aromatic heterocycles. The minimum atomic E-state index is -0.619. The molecule has 3 rings (SSSR count). The van der Waals surface area contributed by atoms with Crippen molar-refractivity contribution in [1.82, 2.24) is 4.90 Å². The Morgan fingerprint density at radius 2 is 1.82 bits per heavy atom. The van der Waals surface area contributed by atoms with E-state index in [1.807, 2.05) is 0 Å². The molecule has 0 saturated carbocycles. The standard InChI is InChI=1S/C19H14Cl2N2O5/c1-10(24)28-9-16(25)22-15-4-2-3-12-17(15)19(27)23(18(12)26)8-11-5-6-13(20)14(21)7-11/h2-7H,8-9H2,1H3,(H,22,25). The Balaban J connectivity index is 1.83. The van der Waals surface area contributed by atoms with Gasteiger partial charge in [-0.2, -0.15) is 0 Å². The Hall–Kier alpha value is -2.90. The molecule has 9 heteroatoms. The zero-order valence-corrected chi connectivity index (χ0v) is 16.1. The van der Waals surface area contributed by atoms with Crippen molar-refractivity contribution in [3.63, 3.8) is 0 Å². The number of ether oxygens (including phenoxy) is 1. The summed E-state index contributed by atoms with van der Waals surface area (Å²) < 4.78 is 4.63. The zero-order valence-electron chi connectivity index (χ0n) is 14.6. The molecule has 0 spiro atoms. The van der Waals surface area contributed by atoms with Crippen LogP contribution in [0.2, 0.25) is 10.0 Å². The Morgan fingerprint density at radius 1 is 1.07 bits per heavy atom. The van der Waals surface area contributed by atoms with Crippen molar-refractivity contribution in [1.29, 1.82) is 0 Å². The van der Waals surface area contributed by atoms with Crippen molar-refractivity contribution in [3.05, 3.63) is 63.1 Å². The normalized spacial score (nSPS) is 12.8. The van der Waals surface area contributed by atoms with Crippen LogP contribution in [0.15, 0.2) is 36.4 Å². The number of anilines is 1. The molecule has 0 fully saturated rings. The summed E-state index contributed by atoms with van der Waals surface area (Å²) in [6, 6.07) is 9.38. The summed E-state index contributed by atoms with van der Waals surface area (Å²) in [6.45, 7) is 0.689. The number of amides is 3. The van der Waals surface area contributed by atoms with E-state index in [1.165, 1.54) is 19.1 Å². The fourth-order valence-corrected chi connectivity index (χ4v) is 3.08. The van der Waals surface area contributed by atoms with E-state index in [1.54, 1.807) is 24.3 Å². The third-order valence-electron chi connectivity index (χ3n) is 4.00. The van der Waals surface area contributed by atoms with Crippen LogP contribution in [0.1, 0.15) is 33.2 Å². The molecule has 0 atom stereocenters. The highest BCUT2D eigenvalue weighted by molar-refractivity contribution is 6.42. The number of benzene rings is 2. The van der Waals surface area contributed by atoms with Crippen LogP contribution in [0.5, 0.6) is 0 Å². The van der Waals surface area contributed by atoms with Crippen molar-refractivity contribution < 1.29 is 23.9 Å². The first kappa shape index (κ1) is 19.9. The largest absolute Gasteiger partial charge is 0.456 e. The molecule has 0 unspecified atom stereocenters. The molecule has 0 aliphatic carbocycles. The van der Waals surface area contributed by atoms with E-state index in [0.717, 1.165) is 4.90 Å². The van der Waals surface area contributed by atoms with Crippen molar-refractivity contribution in [2.45, 2.75) is 13.5 Å². The average Bonchev–Trinajstić information content (AvgIpc) is 2.89. The van der Waals surface area contributed by atoms with Crippen molar-refractivity contribution in [2.24, 2.45) is 0 Å². The molecule has 1 aliphatic heterocycles. The molecule has 0 radical (unpaired) electrons. The second kappa shape index (κ2) is 8.00. The lowest BCUT2D eigenvalue weighted by molar-refractivity contribution is -0.144. The summed E-state index contributed by atoms with van der Waals surface area (Å²) in [5.74, 6) is -2.25. The molecule has 0 saturated heterocycles. The SMILES string of the molecule is CC(=O)OCC(=O)Nc1cccc2c1C(=O)N(Cc1ccc(Cl)c(Cl)c1)C2=O. The summed E-state index contributed by atoms with van der Waals surface area (Å²) >= 11 is 11.9. The summed E-state index contributed by atoms with van der Waals surface area (Å²) in [6.07, 6.45) is 0. The number of rotatable bonds is 5. The highest BCUT2D eigenvalue weighted by atomic mass is 35.5. The highest BCUT2D eigenvalue weighted by Gasteiger charge is 2.37. The maximum Gasteiger partial charge on any atom is 0.303 e. The number of nitrogens with zero attached hydrogens (tertiary/aromatic N) is 1. The average molecular weight is 421 g/mol. The van der Waals surface area contributed by atoms with Crippen LogP contribution in [0.4, 0.5) is 5.69 Å². The number of fused-ring (bicyclic) bond motifs is 1. The first-order valence-corrected chi connectivity index (χ1v) is 8.90. The van der Waals surface area contributed by atoms with Crippen molar-refractivity contribution in [3.8, 4) is 0 Å². The number of imide groups is 1. The summed E-state index contributed by atoms with van der Waals surface area (Å²) in [5.41, 5.74) is 1.06. The summed E-state index contributed by atoms with van der Waals surface area (Å²) in [4.78, 5) is 49.3. The first-order valence-electron chi connectivity index (χ1n) is 8.14. The Kier molecular flexibility index (Phi) is 5.67. The van der Waals surface area contributed by atoms with Gasteiger partial charge in [-0.05, 0) is 29.8 Å². The second-order valence-corrected chi connectivity index (χ2v) is 6.82. The molecular formula is C19H14Cl2N2O5. The molecule has 28 heavy (non-hydrogen) atoms. The van der Waals surface area contributed by atoms with E-state index in [2.05, 4.69) is 10.1 Å². The number of hydrogen-bond donors (Lipinski definition) is 1. The third-order valence-corrected chi connectivity index (χ3v) is 4.74. The number of esters is 1. The topological polar surface area (TPSA) is 92.8 Å². The predicted octanol–water partition coefficient (Wildman–Crippen LogP) is 3.29. The Morgan fingerprint density at radius 3 is 2.50 bits per heavy atom. The molecule has 2 aromatic carbocycles. The van der Waals surface area contributed by atoms with Gasteiger partial charge in [-0.3, -0.25) is 24.1 Å². The van der Waals surface area contributed by atoms with Gasteiger partial charge in [-0.25, -0.2) is 0 Å². The molecule has 3 amide bonds. The first-order chi connectivity index (χ1) is 13.3. The molecule has 144 valence electrons. The van der Waals surface area contributed by atoms with Crippen LogP contribution in [0.25, 0.3) is 0 Å². The third kappa shape index (κ3) is 4.00. The van der Waals surface area contributed by atoms with Gasteiger partial charge < -0.3 is 10.1 Å². The van der Waals surface area contributed by atoms with Crippen molar-refractivity contribution >= 4 is 52.6 Å². The highest BCUT2D eigenvalue weighted by Crippen LogP contribution is 2.31. The van der Waals surface area contributed by atoms with Gasteiger partial charge in [0.15, 0.2) is 6.61 Å². The Bertz CT molecular complexity index is 1010. The minimum Gasteiger partial charge on any atom is -0.456 e. The van der Waals surface area contributed by atoms with E-state index in [4.69, 9.17) is 23.2 Å². The van der Waals surface area contributed by atoms with Gasteiger partial charge in [0.1, 0.15) is 0 Å². The van der Waals surface area contributed by atoms with E-state index in [0.29, 0.717) is 15.6 Å². The van der Waals surface area contributed by atoms with Crippen LogP contribution in [-0.2, 0) is 20.9 Å². The van der Waals surface area contributed by atoms with Gasteiger partial charge in [-0.15, -0.1) is 0 Å². The number of carbonyl (C=O) groups excluding carboxylic acids is 4. The quantitative estimate of drug-likeness (QED) is 0.591. The maximum atomic E-state index is 12.8. The van der Waals surface area contributed by atoms with Gasteiger partial charge in [0.25, 0.3) is 17.7 Å². The molecule has 0 bridgehead atoms. The lowest BCUT2D eigenvalue weighted by Crippen LogP contribution is -2.29. The number of nitrogens with one attached hydrogen (secondary N) is 1. The van der Waals surface area contributed by atoms with Crippen LogP contribution < -0.4 is 5.32 Å². The fourth-order valence-electron chi connectivity index (χ4n) is 2.76. The van der Waals surface area contributed by atoms with Gasteiger partial charge in [0.2, 0.25) is 0 Å². The molecular weight excluding hydrogens is 407 g/mol. The van der Waals surface area contributed by atoms with Crippen LogP contribution in [0, 0.1) is 0 Å². The number of halogens is 2. The van der Waals surface area contributed by atoms with Gasteiger partial charge >= 0.3 is 5.97 Å². The van der Waals surface area contributed by atoms with E-state index >= 15 is 0 Å². The van der Waals surface area contributed by atoms with Crippen molar-refractivity contribution in [2.75, 3.05) is 11.9 Å². The Labute approximate surface area is 170 Å². The number of hydrogen-bond acceptors (Lipinski definition) is 5. The summed E-state index contributed by atoms with van der Waals surface area (Å²) in [7, 11) is 0. The molecule has 2 aromatic rings. The van der Waals surface area contributed by atoms with Crippen LogP contribution in [0.3, 0.4) is 0 Å². The summed E-state index contributed by atoms with van der Waals surface area (Å²) in [5, 5.41) is 3.18. The smallest absolute Gasteiger partial charge is 0.303 e. The van der Waals surface area contributed by atoms with E-state index < -0.39 is 30.3 Å².